The largest absolute Gasteiger partial charge is 0.288 e. The summed E-state index contributed by atoms with van der Waals surface area (Å²) in [6.45, 7) is 1.42. The Bertz CT molecular complexity index is 102. The summed E-state index contributed by atoms with van der Waals surface area (Å²) < 4.78 is 22.9. The molecule has 1 rings (SSSR count). The minimum absolute atomic E-state index is 0.197. The van der Waals surface area contributed by atoms with Crippen molar-refractivity contribution in [3.63, 3.8) is 0 Å². The van der Waals surface area contributed by atoms with Crippen LogP contribution in [0.5, 0.6) is 0 Å². The van der Waals surface area contributed by atoms with Crippen molar-refractivity contribution in [1.82, 2.24) is 0 Å². The summed E-state index contributed by atoms with van der Waals surface area (Å²) in [5.41, 5.74) is 0.197. The van der Waals surface area contributed by atoms with Crippen molar-refractivity contribution in [2.45, 2.75) is 12.8 Å². The monoisotopic (exact) mass is 90.0 g/mol. The highest BCUT2D eigenvalue weighted by atomic mass is 19.3. The van der Waals surface area contributed by atoms with Crippen LogP contribution in [0.1, 0.15) is 6.92 Å². The summed E-state index contributed by atoms with van der Waals surface area (Å²) in [7, 11) is 0. The molecule has 34 valence electrons. The van der Waals surface area contributed by atoms with Crippen LogP contribution < -0.4 is 0 Å². The molecule has 0 bridgehead atoms. The van der Waals surface area contributed by atoms with E-state index in [1.165, 1.54) is 6.92 Å². The van der Waals surface area contributed by atoms with Crippen LogP contribution in [0, 0.1) is 0 Å². The molecule has 0 aliphatic heterocycles. The Kier molecular flexibility index (Phi) is 0.407. The predicted molar refractivity (Wildman–Crippen MR) is 18.7 cm³/mol. The zero-order chi connectivity index (χ0) is 4.78. The average Bonchev–Trinajstić information content (AvgIpc) is 1.73. The lowest BCUT2D eigenvalue weighted by Crippen LogP contribution is -1.89. The molecule has 1 aliphatic rings. The van der Waals surface area contributed by atoms with Gasteiger partial charge < -0.3 is 0 Å². The molecule has 0 aromatic carbocycles. The quantitative estimate of drug-likeness (QED) is 0.396. The van der Waals surface area contributed by atoms with Gasteiger partial charge in [0.05, 0.1) is 0 Å². The van der Waals surface area contributed by atoms with Crippen LogP contribution in [0.15, 0.2) is 11.6 Å². The van der Waals surface area contributed by atoms with Crippen LogP contribution >= 0.6 is 0 Å². The Morgan fingerprint density at radius 2 is 1.83 bits per heavy atom. The molecule has 0 amide bonds. The molecule has 2 heteroatoms. The fraction of sp³-hybridized carbons (Fsp3) is 0.500. The van der Waals surface area contributed by atoms with Crippen LogP contribution in [0.4, 0.5) is 8.78 Å². The van der Waals surface area contributed by atoms with E-state index in [4.69, 9.17) is 0 Å². The first-order valence-electron chi connectivity index (χ1n) is 1.71. The topological polar surface area (TPSA) is 0 Å². The lowest BCUT2D eigenvalue weighted by atomic mass is 10.5. The molecule has 0 aromatic heterocycles. The number of hydrogen-bond acceptors (Lipinski definition) is 0. The predicted octanol–water partition coefficient (Wildman–Crippen LogP) is 1.58. The second kappa shape index (κ2) is 0.647. The van der Waals surface area contributed by atoms with Crippen molar-refractivity contribution < 1.29 is 8.78 Å². The highest BCUT2D eigenvalue weighted by molar-refractivity contribution is 5.34. The van der Waals surface area contributed by atoms with Gasteiger partial charge in [-0.2, -0.15) is 8.78 Å². The van der Waals surface area contributed by atoms with Gasteiger partial charge in [0.2, 0.25) is 0 Å². The van der Waals surface area contributed by atoms with Gasteiger partial charge in [-0.3, -0.25) is 0 Å². The lowest BCUT2D eigenvalue weighted by Gasteiger charge is -1.84. The first kappa shape index (κ1) is 3.78. The third-order valence-corrected chi connectivity index (χ3v) is 0.840. The van der Waals surface area contributed by atoms with E-state index in [2.05, 4.69) is 0 Å². The Labute approximate surface area is 34.5 Å². The number of allylic oxidation sites excluding steroid dienone is 2. The van der Waals surface area contributed by atoms with Crippen LogP contribution in [0.2, 0.25) is 0 Å². The van der Waals surface area contributed by atoms with E-state index in [1.807, 2.05) is 0 Å². The van der Waals surface area contributed by atoms with Crippen LogP contribution in [0.25, 0.3) is 0 Å². The van der Waals surface area contributed by atoms with Crippen LogP contribution in [-0.2, 0) is 0 Å². The maximum absolute atomic E-state index is 11.4. The molecule has 0 fully saturated rings. The maximum Gasteiger partial charge on any atom is 0.288 e. The summed E-state index contributed by atoms with van der Waals surface area (Å²) >= 11 is 0. The Hall–Kier alpha value is -0.400. The van der Waals surface area contributed by atoms with E-state index in [-0.39, 0.29) is 5.57 Å². The molecule has 0 N–H and O–H groups in total. The normalized spacial score (nSPS) is 26.2. The van der Waals surface area contributed by atoms with Gasteiger partial charge in [0.1, 0.15) is 0 Å². The standard InChI is InChI=1S/C4H4F2/c1-3-2-4(3,5)6/h2H,1H3. The molecule has 0 spiro atoms. The van der Waals surface area contributed by atoms with E-state index >= 15 is 0 Å². The average molecular weight is 90.1 g/mol. The minimum atomic E-state index is -2.50. The summed E-state index contributed by atoms with van der Waals surface area (Å²) in [4.78, 5) is 0. The van der Waals surface area contributed by atoms with Crippen LogP contribution in [0.3, 0.4) is 0 Å². The fourth-order valence-corrected chi connectivity index (χ4v) is 0.236. The molecule has 0 nitrogen and oxygen atoms in total. The molecule has 0 unspecified atom stereocenters. The van der Waals surface area contributed by atoms with Crippen molar-refractivity contribution in [3.8, 4) is 0 Å². The highest BCUT2D eigenvalue weighted by Gasteiger charge is 2.41. The second-order valence-corrected chi connectivity index (χ2v) is 1.45. The fourth-order valence-electron chi connectivity index (χ4n) is 0.236. The Morgan fingerprint density at radius 1 is 1.67 bits per heavy atom. The summed E-state index contributed by atoms with van der Waals surface area (Å²) in [6.07, 6.45) is 0.938. The molecule has 0 heterocycles. The molecule has 0 saturated heterocycles. The van der Waals surface area contributed by atoms with Crippen molar-refractivity contribution in [2.75, 3.05) is 0 Å². The number of rotatable bonds is 0. The van der Waals surface area contributed by atoms with Gasteiger partial charge in [0.25, 0.3) is 5.92 Å². The Balaban J connectivity index is 2.53. The highest BCUT2D eigenvalue weighted by Crippen LogP contribution is 2.38. The first-order valence-corrected chi connectivity index (χ1v) is 1.71. The van der Waals surface area contributed by atoms with Crippen molar-refractivity contribution in [3.05, 3.63) is 11.6 Å². The minimum Gasteiger partial charge on any atom is -0.197 e. The molecular weight excluding hydrogens is 86.0 g/mol. The zero-order valence-electron chi connectivity index (χ0n) is 3.33. The van der Waals surface area contributed by atoms with Crippen molar-refractivity contribution in [1.29, 1.82) is 0 Å². The van der Waals surface area contributed by atoms with E-state index < -0.39 is 5.92 Å². The molecule has 0 atom stereocenters. The van der Waals surface area contributed by atoms with E-state index in [0.29, 0.717) is 0 Å². The smallest absolute Gasteiger partial charge is 0.197 e. The molecular formula is C4H4F2. The Morgan fingerprint density at radius 3 is 1.83 bits per heavy atom. The zero-order valence-corrected chi connectivity index (χ0v) is 3.33. The third-order valence-electron chi connectivity index (χ3n) is 0.840. The van der Waals surface area contributed by atoms with Gasteiger partial charge in [-0.25, -0.2) is 0 Å². The van der Waals surface area contributed by atoms with Gasteiger partial charge in [0.15, 0.2) is 0 Å². The van der Waals surface area contributed by atoms with E-state index in [1.54, 1.807) is 0 Å². The van der Waals surface area contributed by atoms with E-state index in [0.717, 1.165) is 6.08 Å². The molecule has 6 heavy (non-hydrogen) atoms. The van der Waals surface area contributed by atoms with Crippen molar-refractivity contribution in [2.24, 2.45) is 0 Å². The summed E-state index contributed by atoms with van der Waals surface area (Å²) in [6, 6.07) is 0. The maximum atomic E-state index is 11.4. The van der Waals surface area contributed by atoms with Gasteiger partial charge >= 0.3 is 0 Å². The first-order chi connectivity index (χ1) is 2.63. The number of halogens is 2. The van der Waals surface area contributed by atoms with E-state index in [9.17, 15) is 8.78 Å². The van der Waals surface area contributed by atoms with Crippen molar-refractivity contribution >= 4 is 0 Å². The van der Waals surface area contributed by atoms with Gasteiger partial charge in [-0.1, -0.05) is 0 Å². The SMILES string of the molecule is CC1=CC1(F)F. The second-order valence-electron chi connectivity index (χ2n) is 1.45. The summed E-state index contributed by atoms with van der Waals surface area (Å²) in [5, 5.41) is 0. The molecule has 0 radical (unpaired) electrons. The van der Waals surface area contributed by atoms with Crippen LogP contribution in [-0.4, -0.2) is 5.92 Å². The van der Waals surface area contributed by atoms with Gasteiger partial charge in [-0.05, 0) is 13.0 Å². The third kappa shape index (κ3) is 0.329. The lowest BCUT2D eigenvalue weighted by molar-refractivity contribution is 0.143. The molecule has 0 aromatic rings. The molecule has 0 saturated carbocycles. The number of hydrogen-bond donors (Lipinski definition) is 0. The van der Waals surface area contributed by atoms with Gasteiger partial charge in [0, 0.05) is 5.57 Å². The van der Waals surface area contributed by atoms with Gasteiger partial charge in [-0.15, -0.1) is 0 Å². The summed E-state index contributed by atoms with van der Waals surface area (Å²) in [5.74, 6) is -2.50. The number of alkyl halides is 2. The molecule has 1 aliphatic carbocycles.